The average Bonchev–Trinajstić information content (AvgIpc) is 2.82. The summed E-state index contributed by atoms with van der Waals surface area (Å²) in [5.74, 6) is 0.626. The van der Waals surface area contributed by atoms with Crippen LogP contribution in [0.4, 0.5) is 0 Å². The topological polar surface area (TPSA) is 60.2 Å². The van der Waals surface area contributed by atoms with E-state index in [-0.39, 0.29) is 23.1 Å². The minimum absolute atomic E-state index is 0.0847. The molecule has 0 saturated carbocycles. The lowest BCUT2D eigenvalue weighted by atomic mass is 9.94. The van der Waals surface area contributed by atoms with Crippen molar-refractivity contribution in [1.82, 2.24) is 0 Å². The molecule has 2 heterocycles. The largest absolute Gasteiger partial charge is 0.323 e. The Morgan fingerprint density at radius 2 is 2.06 bits per heavy atom. The molecular formula is C13H21NO2S2. The third-order valence-electron chi connectivity index (χ3n) is 3.47. The smallest absolute Gasteiger partial charge is 0.150 e. The Labute approximate surface area is 113 Å². The molecule has 2 atom stereocenters. The zero-order valence-electron chi connectivity index (χ0n) is 11.1. The fraction of sp³-hybridized carbons (Fsp3) is 0.692. The van der Waals surface area contributed by atoms with Crippen LogP contribution in [0.5, 0.6) is 0 Å². The van der Waals surface area contributed by atoms with Crippen molar-refractivity contribution < 1.29 is 8.42 Å². The first-order valence-electron chi connectivity index (χ1n) is 6.25. The van der Waals surface area contributed by atoms with E-state index < -0.39 is 9.84 Å². The Kier molecular flexibility index (Phi) is 3.60. The van der Waals surface area contributed by atoms with Crippen LogP contribution in [0.25, 0.3) is 0 Å². The normalized spacial score (nSPS) is 25.2. The van der Waals surface area contributed by atoms with E-state index in [1.54, 1.807) is 11.3 Å². The molecule has 102 valence electrons. The molecule has 1 fully saturated rings. The van der Waals surface area contributed by atoms with E-state index in [1.165, 1.54) is 4.88 Å². The van der Waals surface area contributed by atoms with Crippen molar-refractivity contribution in [3.05, 3.63) is 21.9 Å². The molecule has 2 N–H and O–H groups in total. The van der Waals surface area contributed by atoms with Gasteiger partial charge >= 0.3 is 0 Å². The molecule has 3 nitrogen and oxygen atoms in total. The molecule has 18 heavy (non-hydrogen) atoms. The van der Waals surface area contributed by atoms with Gasteiger partial charge in [0.1, 0.15) is 0 Å². The summed E-state index contributed by atoms with van der Waals surface area (Å²) in [6.07, 6.45) is 0.701. The van der Waals surface area contributed by atoms with Crippen LogP contribution in [0.15, 0.2) is 12.1 Å². The summed E-state index contributed by atoms with van der Waals surface area (Å²) in [5.41, 5.74) is 6.35. The fourth-order valence-corrected chi connectivity index (χ4v) is 5.29. The second kappa shape index (κ2) is 4.62. The summed E-state index contributed by atoms with van der Waals surface area (Å²) < 4.78 is 23.0. The van der Waals surface area contributed by atoms with Gasteiger partial charge in [-0.05, 0) is 29.9 Å². The van der Waals surface area contributed by atoms with Gasteiger partial charge in [0.25, 0.3) is 0 Å². The molecule has 0 spiro atoms. The van der Waals surface area contributed by atoms with Crippen LogP contribution in [0.3, 0.4) is 0 Å². The van der Waals surface area contributed by atoms with Crippen LogP contribution in [0.2, 0.25) is 0 Å². The first-order chi connectivity index (χ1) is 8.19. The van der Waals surface area contributed by atoms with Crippen molar-refractivity contribution in [2.75, 3.05) is 11.5 Å². The van der Waals surface area contributed by atoms with E-state index >= 15 is 0 Å². The number of rotatable bonds is 2. The van der Waals surface area contributed by atoms with E-state index in [0.29, 0.717) is 12.2 Å². The zero-order valence-corrected chi connectivity index (χ0v) is 12.8. The highest BCUT2D eigenvalue weighted by atomic mass is 32.2. The van der Waals surface area contributed by atoms with Crippen LogP contribution >= 0.6 is 11.3 Å². The second-order valence-electron chi connectivity index (χ2n) is 6.14. The van der Waals surface area contributed by atoms with Gasteiger partial charge in [-0.25, -0.2) is 8.42 Å². The Bertz CT molecular complexity index is 525. The summed E-state index contributed by atoms with van der Waals surface area (Å²) in [4.78, 5) is 2.41. The van der Waals surface area contributed by atoms with Crippen molar-refractivity contribution in [2.45, 2.75) is 38.6 Å². The van der Waals surface area contributed by atoms with Crippen LogP contribution in [0, 0.1) is 5.92 Å². The van der Waals surface area contributed by atoms with E-state index in [0.717, 1.165) is 4.88 Å². The second-order valence-corrected chi connectivity index (χ2v) is 9.48. The van der Waals surface area contributed by atoms with E-state index in [4.69, 9.17) is 5.73 Å². The van der Waals surface area contributed by atoms with Gasteiger partial charge in [-0.1, -0.05) is 20.8 Å². The maximum Gasteiger partial charge on any atom is 0.150 e. The maximum absolute atomic E-state index is 11.5. The van der Waals surface area contributed by atoms with E-state index in [9.17, 15) is 8.42 Å². The number of sulfone groups is 1. The summed E-state index contributed by atoms with van der Waals surface area (Å²) in [5, 5.41) is 0. The van der Waals surface area contributed by atoms with Gasteiger partial charge in [0, 0.05) is 15.8 Å². The molecule has 1 aliphatic heterocycles. The highest BCUT2D eigenvalue weighted by molar-refractivity contribution is 7.91. The summed E-state index contributed by atoms with van der Waals surface area (Å²) in [7, 11) is -2.85. The molecule has 0 amide bonds. The maximum atomic E-state index is 11.5. The first-order valence-corrected chi connectivity index (χ1v) is 8.89. The minimum Gasteiger partial charge on any atom is -0.323 e. The van der Waals surface area contributed by atoms with Gasteiger partial charge in [-0.15, -0.1) is 11.3 Å². The zero-order chi connectivity index (χ0) is 13.6. The molecule has 0 aliphatic carbocycles. The first kappa shape index (κ1) is 14.0. The van der Waals surface area contributed by atoms with Gasteiger partial charge in [-0.3, -0.25) is 0 Å². The summed E-state index contributed by atoms with van der Waals surface area (Å²) in [6, 6.07) is 4.04. The number of hydrogen-bond acceptors (Lipinski definition) is 4. The third kappa shape index (κ3) is 2.95. The van der Waals surface area contributed by atoms with Crippen molar-refractivity contribution in [1.29, 1.82) is 0 Å². The van der Waals surface area contributed by atoms with Crippen molar-refractivity contribution in [2.24, 2.45) is 11.7 Å². The lowest BCUT2D eigenvalue weighted by Gasteiger charge is -2.18. The van der Waals surface area contributed by atoms with Crippen LogP contribution in [-0.4, -0.2) is 19.9 Å². The predicted molar refractivity (Wildman–Crippen MR) is 76.7 cm³/mol. The monoisotopic (exact) mass is 287 g/mol. The van der Waals surface area contributed by atoms with Gasteiger partial charge in [0.2, 0.25) is 0 Å². The number of nitrogens with two attached hydrogens (primary N) is 1. The number of thiophene rings is 1. The lowest BCUT2D eigenvalue weighted by Crippen LogP contribution is -2.21. The molecule has 0 bridgehead atoms. The average molecular weight is 287 g/mol. The Hall–Kier alpha value is -0.390. The van der Waals surface area contributed by atoms with Crippen molar-refractivity contribution in [3.8, 4) is 0 Å². The Morgan fingerprint density at radius 1 is 1.39 bits per heavy atom. The van der Waals surface area contributed by atoms with Crippen LogP contribution in [-0.2, 0) is 15.3 Å². The molecule has 0 aromatic carbocycles. The highest BCUT2D eigenvalue weighted by Gasteiger charge is 2.33. The van der Waals surface area contributed by atoms with E-state index in [2.05, 4.69) is 32.9 Å². The molecule has 0 radical (unpaired) electrons. The molecule has 2 rings (SSSR count). The fourth-order valence-electron chi connectivity index (χ4n) is 2.27. The molecule has 2 unspecified atom stereocenters. The Balaban J connectivity index is 2.15. The van der Waals surface area contributed by atoms with Gasteiger partial charge in [0.05, 0.1) is 11.5 Å². The quantitative estimate of drug-likeness (QED) is 0.909. The van der Waals surface area contributed by atoms with Crippen molar-refractivity contribution in [3.63, 3.8) is 0 Å². The summed E-state index contributed by atoms with van der Waals surface area (Å²) in [6.45, 7) is 6.52. The SMILES string of the molecule is CC(C)(C)c1ccc(C(N)C2CCS(=O)(=O)C2)s1. The molecule has 1 aromatic rings. The third-order valence-corrected chi connectivity index (χ3v) is 6.88. The van der Waals surface area contributed by atoms with Crippen molar-refractivity contribution >= 4 is 21.2 Å². The standard InChI is InChI=1S/C13H21NO2S2/c1-13(2,3)11-5-4-10(17-11)12(14)9-6-7-18(15,16)8-9/h4-5,9,12H,6-8,14H2,1-3H3. The molecule has 1 aromatic heterocycles. The van der Waals surface area contributed by atoms with Gasteiger partial charge in [0.15, 0.2) is 9.84 Å². The number of hydrogen-bond donors (Lipinski definition) is 1. The van der Waals surface area contributed by atoms with Crippen LogP contribution in [0.1, 0.15) is 43.0 Å². The van der Waals surface area contributed by atoms with E-state index in [1.807, 2.05) is 0 Å². The highest BCUT2D eigenvalue weighted by Crippen LogP contribution is 2.36. The molecule has 1 saturated heterocycles. The van der Waals surface area contributed by atoms with Gasteiger partial charge in [-0.2, -0.15) is 0 Å². The molecule has 5 heteroatoms. The lowest BCUT2D eigenvalue weighted by molar-refractivity contribution is 0.486. The summed E-state index contributed by atoms with van der Waals surface area (Å²) >= 11 is 1.72. The Morgan fingerprint density at radius 3 is 2.50 bits per heavy atom. The minimum atomic E-state index is -2.85. The van der Waals surface area contributed by atoms with Crippen LogP contribution < -0.4 is 5.73 Å². The molecular weight excluding hydrogens is 266 g/mol. The molecule has 1 aliphatic rings. The van der Waals surface area contributed by atoms with Gasteiger partial charge < -0.3 is 5.73 Å². The predicted octanol–water partition coefficient (Wildman–Crippen LogP) is 2.48.